The lowest BCUT2D eigenvalue weighted by Crippen LogP contribution is -2.16. The fraction of sp³-hybridized carbons (Fsp3) is 0.0435. The summed E-state index contributed by atoms with van der Waals surface area (Å²) in [4.78, 5) is 23.7. The highest BCUT2D eigenvalue weighted by Crippen LogP contribution is 2.25. The quantitative estimate of drug-likeness (QED) is 0.326. The van der Waals surface area contributed by atoms with Gasteiger partial charge in [-0.2, -0.15) is 5.10 Å². The average Bonchev–Trinajstić information content (AvgIpc) is 3.53. The predicted molar refractivity (Wildman–Crippen MR) is 124 cm³/mol. The number of nitrogens with one attached hydrogen (secondary N) is 4. The van der Waals surface area contributed by atoms with Crippen molar-refractivity contribution in [2.75, 3.05) is 10.6 Å². The number of aromatic nitrogens is 6. The Morgan fingerprint density at radius 3 is 2.72 bits per heavy atom. The molecule has 0 saturated carbocycles. The molecule has 0 aliphatic rings. The van der Waals surface area contributed by atoms with Crippen LogP contribution in [0.3, 0.4) is 0 Å². The average molecular weight is 424 g/mol. The van der Waals surface area contributed by atoms with E-state index in [1.807, 2.05) is 54.6 Å². The van der Waals surface area contributed by atoms with Gasteiger partial charge in [0.2, 0.25) is 0 Å². The molecule has 5 aromatic rings. The third-order valence-corrected chi connectivity index (χ3v) is 4.94. The number of anilines is 3. The van der Waals surface area contributed by atoms with Crippen LogP contribution in [0.2, 0.25) is 0 Å². The van der Waals surface area contributed by atoms with E-state index in [0.29, 0.717) is 11.5 Å². The molecule has 3 aromatic heterocycles. The monoisotopic (exact) mass is 424 g/mol. The molecule has 32 heavy (non-hydrogen) atoms. The van der Waals surface area contributed by atoms with Crippen molar-refractivity contribution < 1.29 is 4.79 Å². The van der Waals surface area contributed by atoms with Crippen LogP contribution in [0.5, 0.6) is 0 Å². The molecule has 9 heteroatoms. The maximum atomic E-state index is 12.4. The summed E-state index contributed by atoms with van der Waals surface area (Å²) in [5, 5.41) is 14.7. The first-order valence-corrected chi connectivity index (χ1v) is 9.97. The van der Waals surface area contributed by atoms with Gasteiger partial charge in [-0.15, -0.1) is 0 Å². The molecular weight excluding hydrogens is 404 g/mol. The summed E-state index contributed by atoms with van der Waals surface area (Å²) in [7, 11) is 1.78. The number of fused-ring (bicyclic) bond motifs is 1. The Kier molecular flexibility index (Phi) is 4.97. The third kappa shape index (κ3) is 3.99. The number of carbonyl (C=O) groups is 1. The van der Waals surface area contributed by atoms with Gasteiger partial charge in [0.25, 0.3) is 5.91 Å². The number of hydrogen-bond acceptors (Lipinski definition) is 5. The summed E-state index contributed by atoms with van der Waals surface area (Å²) in [6, 6.07) is 13.5. The zero-order valence-corrected chi connectivity index (χ0v) is 17.2. The Morgan fingerprint density at radius 2 is 1.91 bits per heavy atom. The van der Waals surface area contributed by atoms with Gasteiger partial charge in [0.15, 0.2) is 5.82 Å². The number of imidazole rings is 2. The van der Waals surface area contributed by atoms with Crippen LogP contribution in [0.1, 0.15) is 22.1 Å². The van der Waals surface area contributed by atoms with E-state index in [-0.39, 0.29) is 5.91 Å². The second-order valence-electron chi connectivity index (χ2n) is 7.20. The van der Waals surface area contributed by atoms with E-state index in [1.54, 1.807) is 36.4 Å². The lowest BCUT2D eigenvalue weighted by atomic mass is 10.1. The first-order chi connectivity index (χ1) is 15.7. The third-order valence-electron chi connectivity index (χ3n) is 4.94. The van der Waals surface area contributed by atoms with Gasteiger partial charge in [-0.3, -0.25) is 9.89 Å². The molecular formula is C23H20N8O. The van der Waals surface area contributed by atoms with Gasteiger partial charge in [-0.1, -0.05) is 6.07 Å². The van der Waals surface area contributed by atoms with Gasteiger partial charge in [-0.25, -0.2) is 9.97 Å². The molecule has 3 heterocycles. The number of nitrogens with zero attached hydrogens (tertiary/aromatic N) is 4. The number of hydrogen-bond donors (Lipinski definition) is 4. The predicted octanol–water partition coefficient (Wildman–Crippen LogP) is 4.19. The molecule has 0 aliphatic carbocycles. The minimum Gasteiger partial charge on any atom is -0.355 e. The normalized spacial score (nSPS) is 11.3. The van der Waals surface area contributed by atoms with Crippen LogP contribution in [0, 0.1) is 0 Å². The van der Waals surface area contributed by atoms with E-state index in [9.17, 15) is 4.79 Å². The highest BCUT2D eigenvalue weighted by Gasteiger charge is 2.11. The second-order valence-corrected chi connectivity index (χ2v) is 7.20. The minimum absolute atomic E-state index is 0.260. The Bertz CT molecular complexity index is 1410. The number of carbonyl (C=O) groups excluding carboxylic acids is 1. The van der Waals surface area contributed by atoms with Gasteiger partial charge in [0, 0.05) is 54.3 Å². The Balaban J connectivity index is 1.32. The van der Waals surface area contributed by atoms with E-state index >= 15 is 0 Å². The molecule has 0 saturated heterocycles. The number of H-pyrrole nitrogens is 2. The molecule has 0 bridgehead atoms. The molecule has 0 radical (unpaired) electrons. The topological polar surface area (TPSA) is 116 Å². The molecule has 0 fully saturated rings. The van der Waals surface area contributed by atoms with Crippen molar-refractivity contribution in [1.29, 1.82) is 0 Å². The van der Waals surface area contributed by atoms with E-state index < -0.39 is 0 Å². The molecule has 4 N–H and O–H groups in total. The van der Waals surface area contributed by atoms with Crippen LogP contribution >= 0.6 is 0 Å². The van der Waals surface area contributed by atoms with Gasteiger partial charge >= 0.3 is 0 Å². The van der Waals surface area contributed by atoms with Crippen LogP contribution < -0.4 is 10.6 Å². The van der Waals surface area contributed by atoms with Crippen LogP contribution in [0.25, 0.3) is 23.1 Å². The van der Waals surface area contributed by atoms with Crippen molar-refractivity contribution in [3.05, 3.63) is 84.6 Å². The lowest BCUT2D eigenvalue weighted by Gasteiger charge is -2.10. The fourth-order valence-electron chi connectivity index (χ4n) is 3.38. The summed E-state index contributed by atoms with van der Waals surface area (Å²) >= 11 is 0. The van der Waals surface area contributed by atoms with E-state index in [1.165, 1.54) is 0 Å². The first kappa shape index (κ1) is 19.3. The van der Waals surface area contributed by atoms with Crippen molar-refractivity contribution in [2.45, 2.75) is 0 Å². The Labute approximate surface area is 183 Å². The Morgan fingerprint density at radius 1 is 1.03 bits per heavy atom. The van der Waals surface area contributed by atoms with Crippen LogP contribution in [-0.2, 0) is 7.05 Å². The van der Waals surface area contributed by atoms with E-state index in [0.717, 1.165) is 33.8 Å². The molecule has 2 aromatic carbocycles. The van der Waals surface area contributed by atoms with Crippen molar-refractivity contribution >= 4 is 46.0 Å². The highest BCUT2D eigenvalue weighted by molar-refractivity contribution is 6.02. The number of aryl methyl sites for hydroxylation is 1. The summed E-state index contributed by atoms with van der Waals surface area (Å²) < 4.78 is 1.68. The molecule has 9 nitrogen and oxygen atoms in total. The van der Waals surface area contributed by atoms with E-state index in [2.05, 4.69) is 35.8 Å². The first-order valence-electron chi connectivity index (χ1n) is 9.97. The number of rotatable bonds is 6. The SMILES string of the molecule is Cn1ccnc1C(=O)Nc1cccc(Nc2ccc3c(C=Cc4ncc[nH]4)n[nH]c3c2)c1. The maximum absolute atomic E-state index is 12.4. The standard InChI is InChI=1S/C23H20N8O/c1-31-12-11-26-22(31)23(32)28-16-4-2-3-15(13-16)27-17-5-6-18-19(29-30-20(18)14-17)7-8-21-24-9-10-25-21/h2-14,27H,1H3,(H,24,25)(H,28,32)(H,29,30). The molecule has 158 valence electrons. The van der Waals surface area contributed by atoms with Crippen molar-refractivity contribution in [2.24, 2.45) is 7.05 Å². The molecule has 1 amide bonds. The van der Waals surface area contributed by atoms with Gasteiger partial charge in [-0.05, 0) is 48.6 Å². The molecule has 0 spiro atoms. The fourth-order valence-corrected chi connectivity index (χ4v) is 3.38. The largest absolute Gasteiger partial charge is 0.355 e. The van der Waals surface area contributed by atoms with Crippen molar-refractivity contribution in [3.63, 3.8) is 0 Å². The van der Waals surface area contributed by atoms with Crippen LogP contribution in [0.15, 0.2) is 67.3 Å². The van der Waals surface area contributed by atoms with Crippen molar-refractivity contribution in [3.8, 4) is 0 Å². The highest BCUT2D eigenvalue weighted by atomic mass is 16.2. The summed E-state index contributed by atoms with van der Waals surface area (Å²) in [6.45, 7) is 0. The molecule has 0 aliphatic heterocycles. The summed E-state index contributed by atoms with van der Waals surface area (Å²) in [6.07, 6.45) is 10.6. The summed E-state index contributed by atoms with van der Waals surface area (Å²) in [5.74, 6) is 0.864. The van der Waals surface area contributed by atoms with E-state index in [4.69, 9.17) is 0 Å². The Hall–Kier alpha value is -4.66. The van der Waals surface area contributed by atoms with Gasteiger partial charge in [0.1, 0.15) is 5.82 Å². The van der Waals surface area contributed by atoms with Gasteiger partial charge < -0.3 is 20.2 Å². The van der Waals surface area contributed by atoms with Crippen LogP contribution in [0.4, 0.5) is 17.1 Å². The van der Waals surface area contributed by atoms with Crippen molar-refractivity contribution in [1.82, 2.24) is 29.7 Å². The number of benzene rings is 2. The molecule has 5 rings (SSSR count). The zero-order chi connectivity index (χ0) is 21.9. The summed E-state index contributed by atoms with van der Waals surface area (Å²) in [5.41, 5.74) is 4.17. The molecule has 0 unspecified atom stereocenters. The second kappa shape index (κ2) is 8.23. The maximum Gasteiger partial charge on any atom is 0.291 e. The lowest BCUT2D eigenvalue weighted by molar-refractivity contribution is 0.101. The number of amides is 1. The van der Waals surface area contributed by atoms with Crippen LogP contribution in [-0.4, -0.2) is 35.6 Å². The zero-order valence-electron chi connectivity index (χ0n) is 17.2. The minimum atomic E-state index is -0.260. The van der Waals surface area contributed by atoms with Gasteiger partial charge in [0.05, 0.1) is 11.2 Å². The molecule has 0 atom stereocenters. The smallest absolute Gasteiger partial charge is 0.291 e. The number of aromatic amines is 2.